The maximum absolute atomic E-state index is 11.6. The number of hydrogen-bond donors (Lipinski definition) is 2. The van der Waals surface area contributed by atoms with Gasteiger partial charge in [-0.1, -0.05) is 29.3 Å². The molecule has 1 unspecified atom stereocenters. The van der Waals surface area contributed by atoms with E-state index in [1.165, 1.54) is 0 Å². The molecule has 1 saturated heterocycles. The van der Waals surface area contributed by atoms with Gasteiger partial charge in [0.2, 0.25) is 0 Å². The molecule has 0 bridgehead atoms. The Kier molecular flexibility index (Phi) is 3.03. The molecule has 1 heterocycles. The molecule has 0 aromatic heterocycles. The highest BCUT2D eigenvalue weighted by atomic mass is 35.5. The summed E-state index contributed by atoms with van der Waals surface area (Å²) in [5.41, 5.74) is 0.683. The normalized spacial score (nSPS) is 22.1. The van der Waals surface area contributed by atoms with Crippen molar-refractivity contribution in [2.75, 3.05) is 7.05 Å². The zero-order chi connectivity index (χ0) is 11.7. The van der Waals surface area contributed by atoms with Gasteiger partial charge in [0.05, 0.1) is 0 Å². The number of halogens is 2. The minimum absolute atomic E-state index is 0.176. The largest absolute Gasteiger partial charge is 0.340 e. The number of benzene rings is 1. The Bertz CT molecular complexity index is 473. The van der Waals surface area contributed by atoms with Crippen LogP contribution < -0.4 is 10.6 Å². The molecule has 1 amide bonds. The Balaban J connectivity index is 2.35. The van der Waals surface area contributed by atoms with Crippen LogP contribution in [-0.4, -0.2) is 18.9 Å². The molecule has 1 atom stereocenters. The lowest BCUT2D eigenvalue weighted by Gasteiger charge is -2.10. The number of amides is 1. The fraction of sp³-hybridized carbons (Fsp3) is 0.200. The first-order valence-electron chi connectivity index (χ1n) is 4.61. The second-order valence-corrected chi connectivity index (χ2v) is 4.15. The average Bonchev–Trinajstić information content (AvgIpc) is 2.60. The standard InChI is InChI=1S/C10H9Cl2N3O/c1-13-10-14-8(9(16)15-10)6-3-2-5(11)4-7(6)12/h2-4,8H,1H3,(H2,13,14,15,16). The number of carbonyl (C=O) groups is 1. The first kappa shape index (κ1) is 11.2. The van der Waals surface area contributed by atoms with Crippen LogP contribution in [0.4, 0.5) is 0 Å². The lowest BCUT2D eigenvalue weighted by Crippen LogP contribution is -2.24. The first-order valence-corrected chi connectivity index (χ1v) is 5.36. The van der Waals surface area contributed by atoms with Gasteiger partial charge in [-0.25, -0.2) is 0 Å². The van der Waals surface area contributed by atoms with Gasteiger partial charge < -0.3 is 5.32 Å². The maximum Gasteiger partial charge on any atom is 0.253 e. The smallest absolute Gasteiger partial charge is 0.253 e. The Morgan fingerprint density at radius 1 is 1.38 bits per heavy atom. The van der Waals surface area contributed by atoms with Crippen LogP contribution in [0.2, 0.25) is 10.0 Å². The van der Waals surface area contributed by atoms with Gasteiger partial charge in [0.25, 0.3) is 5.91 Å². The molecular weight excluding hydrogens is 249 g/mol. The number of aliphatic imine (C=N–C) groups is 1. The summed E-state index contributed by atoms with van der Waals surface area (Å²) in [5.74, 6) is 0.269. The van der Waals surface area contributed by atoms with Gasteiger partial charge >= 0.3 is 0 Å². The van der Waals surface area contributed by atoms with Crippen molar-refractivity contribution in [3.63, 3.8) is 0 Å². The van der Waals surface area contributed by atoms with E-state index in [0.717, 1.165) is 0 Å². The topological polar surface area (TPSA) is 53.5 Å². The molecule has 0 aliphatic carbocycles. The zero-order valence-corrected chi connectivity index (χ0v) is 9.93. The number of carbonyl (C=O) groups excluding carboxylic acids is 1. The molecule has 2 rings (SSSR count). The molecule has 1 fully saturated rings. The van der Waals surface area contributed by atoms with E-state index in [-0.39, 0.29) is 5.91 Å². The van der Waals surface area contributed by atoms with E-state index >= 15 is 0 Å². The van der Waals surface area contributed by atoms with Gasteiger partial charge in [-0.05, 0) is 12.1 Å². The van der Waals surface area contributed by atoms with Crippen LogP contribution >= 0.6 is 23.2 Å². The van der Waals surface area contributed by atoms with Gasteiger partial charge in [0.15, 0.2) is 5.96 Å². The van der Waals surface area contributed by atoms with Gasteiger partial charge in [-0.3, -0.25) is 15.1 Å². The van der Waals surface area contributed by atoms with Gasteiger partial charge in [-0.2, -0.15) is 0 Å². The van der Waals surface area contributed by atoms with Gasteiger partial charge in [0.1, 0.15) is 6.04 Å². The fourth-order valence-electron chi connectivity index (χ4n) is 1.50. The van der Waals surface area contributed by atoms with Gasteiger partial charge in [-0.15, -0.1) is 0 Å². The third-order valence-corrected chi connectivity index (χ3v) is 2.84. The third-order valence-electron chi connectivity index (χ3n) is 2.28. The Hall–Kier alpha value is -1.26. The van der Waals surface area contributed by atoms with Crippen LogP contribution in [0.1, 0.15) is 11.6 Å². The molecule has 1 aromatic carbocycles. The third kappa shape index (κ3) is 1.99. The first-order chi connectivity index (χ1) is 7.61. The van der Waals surface area contributed by atoms with Gasteiger partial charge in [0, 0.05) is 22.7 Å². The van der Waals surface area contributed by atoms with E-state index in [4.69, 9.17) is 23.2 Å². The summed E-state index contributed by atoms with van der Waals surface area (Å²) in [6.07, 6.45) is 0. The summed E-state index contributed by atoms with van der Waals surface area (Å²) in [6.45, 7) is 0. The summed E-state index contributed by atoms with van der Waals surface area (Å²) < 4.78 is 0. The van der Waals surface area contributed by atoms with E-state index < -0.39 is 6.04 Å². The summed E-state index contributed by atoms with van der Waals surface area (Å²) in [5, 5.41) is 6.53. The predicted molar refractivity (Wildman–Crippen MR) is 63.8 cm³/mol. The second-order valence-electron chi connectivity index (χ2n) is 3.30. The summed E-state index contributed by atoms with van der Waals surface area (Å²) in [6, 6.07) is 4.51. The second kappa shape index (κ2) is 4.31. The molecule has 1 aliphatic rings. The molecule has 6 heteroatoms. The molecule has 0 spiro atoms. The van der Waals surface area contributed by atoms with Crippen molar-refractivity contribution in [2.45, 2.75) is 6.04 Å². The lowest BCUT2D eigenvalue weighted by atomic mass is 10.1. The van der Waals surface area contributed by atoms with Crippen LogP contribution in [-0.2, 0) is 4.79 Å². The molecular formula is C10H9Cl2N3O. The number of guanidine groups is 1. The molecule has 2 N–H and O–H groups in total. The number of nitrogens with zero attached hydrogens (tertiary/aromatic N) is 1. The fourth-order valence-corrected chi connectivity index (χ4v) is 2.02. The molecule has 1 aliphatic heterocycles. The van der Waals surface area contributed by atoms with Crippen molar-refractivity contribution in [3.8, 4) is 0 Å². The van der Waals surface area contributed by atoms with Crippen LogP contribution in [0.3, 0.4) is 0 Å². The molecule has 84 valence electrons. The van der Waals surface area contributed by atoms with Crippen molar-refractivity contribution in [2.24, 2.45) is 4.99 Å². The molecule has 1 aromatic rings. The monoisotopic (exact) mass is 257 g/mol. The van der Waals surface area contributed by atoms with Crippen LogP contribution in [0.15, 0.2) is 23.2 Å². The van der Waals surface area contributed by atoms with Crippen molar-refractivity contribution in [1.29, 1.82) is 0 Å². The number of nitrogens with one attached hydrogen (secondary N) is 2. The summed E-state index contributed by atoms with van der Waals surface area (Å²) in [4.78, 5) is 15.5. The lowest BCUT2D eigenvalue weighted by molar-refractivity contribution is -0.120. The molecule has 4 nitrogen and oxygen atoms in total. The highest BCUT2D eigenvalue weighted by Crippen LogP contribution is 2.27. The van der Waals surface area contributed by atoms with E-state index in [1.54, 1.807) is 25.2 Å². The van der Waals surface area contributed by atoms with E-state index in [9.17, 15) is 4.79 Å². The van der Waals surface area contributed by atoms with E-state index in [2.05, 4.69) is 15.6 Å². The van der Waals surface area contributed by atoms with Crippen molar-refractivity contribution in [1.82, 2.24) is 10.6 Å². The number of hydrogen-bond acceptors (Lipinski definition) is 2. The summed E-state index contributed by atoms with van der Waals surface area (Å²) >= 11 is 11.8. The molecule has 0 saturated carbocycles. The van der Waals surface area contributed by atoms with E-state index in [0.29, 0.717) is 21.6 Å². The van der Waals surface area contributed by atoms with Crippen molar-refractivity contribution < 1.29 is 4.79 Å². The summed E-state index contributed by atoms with van der Waals surface area (Å²) in [7, 11) is 1.59. The maximum atomic E-state index is 11.6. The Labute approximate surface area is 103 Å². The number of rotatable bonds is 1. The van der Waals surface area contributed by atoms with Crippen molar-refractivity contribution >= 4 is 35.1 Å². The van der Waals surface area contributed by atoms with E-state index in [1.807, 2.05) is 0 Å². The SMILES string of the molecule is CN=C1NC(=O)C(c2ccc(Cl)cc2Cl)N1. The van der Waals surface area contributed by atoms with Crippen LogP contribution in [0, 0.1) is 0 Å². The highest BCUT2D eigenvalue weighted by molar-refractivity contribution is 6.35. The highest BCUT2D eigenvalue weighted by Gasteiger charge is 2.30. The Morgan fingerprint density at radius 3 is 2.69 bits per heavy atom. The molecule has 16 heavy (non-hydrogen) atoms. The predicted octanol–water partition coefficient (Wildman–Crippen LogP) is 1.74. The van der Waals surface area contributed by atoms with Crippen LogP contribution in [0.5, 0.6) is 0 Å². The minimum Gasteiger partial charge on any atom is -0.340 e. The quantitative estimate of drug-likeness (QED) is 0.806. The van der Waals surface area contributed by atoms with Crippen molar-refractivity contribution in [3.05, 3.63) is 33.8 Å². The zero-order valence-electron chi connectivity index (χ0n) is 8.42. The average molecular weight is 258 g/mol. The van der Waals surface area contributed by atoms with Crippen LogP contribution in [0.25, 0.3) is 0 Å². The minimum atomic E-state index is -0.511. The Morgan fingerprint density at radius 2 is 2.12 bits per heavy atom. The molecule has 0 radical (unpaired) electrons.